The Kier molecular flexibility index (Phi) is 3.07. The third kappa shape index (κ3) is 2.57. The van der Waals surface area contributed by atoms with Crippen LogP contribution < -0.4 is 0 Å². The molecule has 1 N–H and O–H groups in total. The molecule has 1 saturated carbocycles. The van der Waals surface area contributed by atoms with Gasteiger partial charge in [0.25, 0.3) is 0 Å². The molecule has 1 aliphatic carbocycles. The Morgan fingerprint density at radius 1 is 1.24 bits per heavy atom. The number of aliphatic hydroxyl groups is 1. The van der Waals surface area contributed by atoms with Crippen LogP contribution in [0.3, 0.4) is 0 Å². The van der Waals surface area contributed by atoms with Gasteiger partial charge in [-0.15, -0.1) is 0 Å². The molecule has 0 unspecified atom stereocenters. The second-order valence-electron chi connectivity index (χ2n) is 4.44. The van der Waals surface area contributed by atoms with Crippen LogP contribution >= 0.6 is 0 Å². The van der Waals surface area contributed by atoms with E-state index in [0.717, 1.165) is 0 Å². The first kappa shape index (κ1) is 12.3. The molecule has 1 aromatic heterocycles. The quantitative estimate of drug-likeness (QED) is 0.827. The molecule has 1 aliphatic rings. The first-order valence-corrected chi connectivity index (χ1v) is 5.47. The average molecular weight is 246 g/mol. The highest BCUT2D eigenvalue weighted by Gasteiger charge is 2.46. The van der Waals surface area contributed by atoms with Gasteiger partial charge in [0.2, 0.25) is 0 Å². The summed E-state index contributed by atoms with van der Waals surface area (Å²) in [7, 11) is 0. The number of hydrogen-bond acceptors (Lipinski definition) is 3. The van der Waals surface area contributed by atoms with E-state index in [1.54, 1.807) is 0 Å². The monoisotopic (exact) mass is 246 g/mol. The predicted molar refractivity (Wildman–Crippen MR) is 53.9 cm³/mol. The van der Waals surface area contributed by atoms with Crippen LogP contribution in [-0.2, 0) is 5.60 Å². The van der Waals surface area contributed by atoms with E-state index < -0.39 is 17.7 Å². The van der Waals surface area contributed by atoms with Gasteiger partial charge in [-0.2, -0.15) is 13.2 Å². The van der Waals surface area contributed by atoms with Crippen molar-refractivity contribution in [2.24, 2.45) is 5.92 Å². The fourth-order valence-electron chi connectivity index (χ4n) is 2.22. The molecule has 2 rings (SSSR count). The average Bonchev–Trinajstić information content (AvgIpc) is 2.29. The van der Waals surface area contributed by atoms with Crippen LogP contribution in [0.1, 0.15) is 31.4 Å². The van der Waals surface area contributed by atoms with Crippen LogP contribution in [-0.4, -0.2) is 21.3 Å². The standard InChI is InChI=1S/C11H13F3N2O/c12-11(13,14)8-1-3-10(17,4-2-8)9-7-15-5-6-16-9/h5-8,17H,1-4H2. The van der Waals surface area contributed by atoms with Crippen LogP contribution in [0.25, 0.3) is 0 Å². The molecule has 0 saturated heterocycles. The van der Waals surface area contributed by atoms with Gasteiger partial charge < -0.3 is 5.11 Å². The number of halogens is 3. The highest BCUT2D eigenvalue weighted by Crippen LogP contribution is 2.44. The van der Waals surface area contributed by atoms with Crippen molar-refractivity contribution in [3.63, 3.8) is 0 Å². The van der Waals surface area contributed by atoms with Crippen LogP contribution in [0.2, 0.25) is 0 Å². The van der Waals surface area contributed by atoms with Gasteiger partial charge in [0.05, 0.1) is 17.8 Å². The highest BCUT2D eigenvalue weighted by molar-refractivity contribution is 5.09. The summed E-state index contributed by atoms with van der Waals surface area (Å²) in [6.07, 6.45) is 0.188. The van der Waals surface area contributed by atoms with Gasteiger partial charge in [-0.3, -0.25) is 9.97 Å². The lowest BCUT2D eigenvalue weighted by molar-refractivity contribution is -0.193. The molecular weight excluding hydrogens is 233 g/mol. The van der Waals surface area contributed by atoms with Gasteiger partial charge in [0, 0.05) is 12.4 Å². The molecule has 3 nitrogen and oxygen atoms in total. The Labute approximate surface area is 96.7 Å². The van der Waals surface area contributed by atoms with E-state index >= 15 is 0 Å². The molecule has 0 atom stereocenters. The van der Waals surface area contributed by atoms with Gasteiger partial charge in [0.15, 0.2) is 0 Å². The van der Waals surface area contributed by atoms with Crippen molar-refractivity contribution >= 4 is 0 Å². The minimum atomic E-state index is -4.16. The van der Waals surface area contributed by atoms with Crippen molar-refractivity contribution in [2.75, 3.05) is 0 Å². The second-order valence-corrected chi connectivity index (χ2v) is 4.44. The van der Waals surface area contributed by atoms with Crippen LogP contribution in [0.5, 0.6) is 0 Å². The first-order chi connectivity index (χ1) is 7.92. The van der Waals surface area contributed by atoms with Gasteiger partial charge in [0.1, 0.15) is 5.60 Å². The molecule has 0 aromatic carbocycles. The smallest absolute Gasteiger partial charge is 0.383 e. The zero-order valence-electron chi connectivity index (χ0n) is 9.11. The van der Waals surface area contributed by atoms with Gasteiger partial charge in [-0.05, 0) is 25.7 Å². The summed E-state index contributed by atoms with van der Waals surface area (Å²) in [5.74, 6) is -1.31. The van der Waals surface area contributed by atoms with Crippen molar-refractivity contribution in [3.8, 4) is 0 Å². The fraction of sp³-hybridized carbons (Fsp3) is 0.636. The number of aromatic nitrogens is 2. The molecule has 0 spiro atoms. The Morgan fingerprint density at radius 2 is 1.88 bits per heavy atom. The molecule has 1 heterocycles. The van der Waals surface area contributed by atoms with Crippen molar-refractivity contribution < 1.29 is 18.3 Å². The molecule has 0 radical (unpaired) electrons. The molecule has 1 aromatic rings. The SMILES string of the molecule is OC1(c2cnccn2)CCC(C(F)(F)F)CC1. The van der Waals surface area contributed by atoms with Gasteiger partial charge in [-0.25, -0.2) is 0 Å². The lowest BCUT2D eigenvalue weighted by Gasteiger charge is -2.35. The van der Waals surface area contributed by atoms with E-state index in [0.29, 0.717) is 5.69 Å². The minimum Gasteiger partial charge on any atom is -0.383 e. The molecule has 6 heteroatoms. The molecule has 17 heavy (non-hydrogen) atoms. The maximum absolute atomic E-state index is 12.5. The summed E-state index contributed by atoms with van der Waals surface area (Å²) in [5, 5.41) is 10.3. The number of nitrogens with zero attached hydrogens (tertiary/aromatic N) is 2. The summed E-state index contributed by atoms with van der Waals surface area (Å²) in [6.45, 7) is 0. The Hall–Kier alpha value is -1.17. The summed E-state index contributed by atoms with van der Waals surface area (Å²) in [4.78, 5) is 7.80. The van der Waals surface area contributed by atoms with Gasteiger partial charge in [-0.1, -0.05) is 0 Å². The zero-order chi connectivity index (χ0) is 12.5. The minimum absolute atomic E-state index is 0.0590. The maximum Gasteiger partial charge on any atom is 0.391 e. The van der Waals surface area contributed by atoms with E-state index in [9.17, 15) is 18.3 Å². The van der Waals surface area contributed by atoms with Crippen molar-refractivity contribution in [2.45, 2.75) is 37.5 Å². The first-order valence-electron chi connectivity index (χ1n) is 5.47. The maximum atomic E-state index is 12.5. The van der Waals surface area contributed by atoms with Crippen molar-refractivity contribution in [1.29, 1.82) is 0 Å². The molecular formula is C11H13F3N2O. The Bertz CT molecular complexity index is 372. The zero-order valence-corrected chi connectivity index (χ0v) is 9.11. The number of rotatable bonds is 1. The topological polar surface area (TPSA) is 46.0 Å². The van der Waals surface area contributed by atoms with Crippen molar-refractivity contribution in [3.05, 3.63) is 24.3 Å². The Morgan fingerprint density at radius 3 is 2.35 bits per heavy atom. The van der Waals surface area contributed by atoms with E-state index in [4.69, 9.17) is 0 Å². The molecule has 0 aliphatic heterocycles. The van der Waals surface area contributed by atoms with E-state index in [2.05, 4.69) is 9.97 Å². The molecule has 0 amide bonds. The normalized spacial score (nSPS) is 30.2. The Balaban J connectivity index is 2.08. The van der Waals surface area contributed by atoms with Crippen LogP contribution in [0, 0.1) is 5.92 Å². The number of hydrogen-bond donors (Lipinski definition) is 1. The molecule has 94 valence electrons. The largest absolute Gasteiger partial charge is 0.391 e. The molecule has 0 bridgehead atoms. The third-order valence-corrected chi connectivity index (χ3v) is 3.32. The molecule has 1 fully saturated rings. The predicted octanol–water partition coefficient (Wildman–Crippen LogP) is 2.42. The highest BCUT2D eigenvalue weighted by atomic mass is 19.4. The number of alkyl halides is 3. The van der Waals surface area contributed by atoms with Crippen LogP contribution in [0.15, 0.2) is 18.6 Å². The summed E-state index contributed by atoms with van der Waals surface area (Å²) >= 11 is 0. The summed E-state index contributed by atoms with van der Waals surface area (Å²) < 4.78 is 37.5. The van der Waals surface area contributed by atoms with E-state index in [1.165, 1.54) is 18.6 Å². The van der Waals surface area contributed by atoms with E-state index in [1.807, 2.05) is 0 Å². The second kappa shape index (κ2) is 4.25. The summed E-state index contributed by atoms with van der Waals surface area (Å²) in [5.41, 5.74) is -0.892. The van der Waals surface area contributed by atoms with Crippen molar-refractivity contribution in [1.82, 2.24) is 9.97 Å². The lowest BCUT2D eigenvalue weighted by atomic mass is 9.77. The van der Waals surface area contributed by atoms with E-state index in [-0.39, 0.29) is 25.7 Å². The van der Waals surface area contributed by atoms with Crippen LogP contribution in [0.4, 0.5) is 13.2 Å². The third-order valence-electron chi connectivity index (χ3n) is 3.32. The summed E-state index contributed by atoms with van der Waals surface area (Å²) in [6, 6.07) is 0. The van der Waals surface area contributed by atoms with Gasteiger partial charge >= 0.3 is 6.18 Å². The fourth-order valence-corrected chi connectivity index (χ4v) is 2.22. The lowest BCUT2D eigenvalue weighted by Crippen LogP contribution is -2.37.